The topological polar surface area (TPSA) is 69.7 Å². The summed E-state index contributed by atoms with van der Waals surface area (Å²) in [6, 6.07) is 0. The molecule has 31 heavy (non-hydrogen) atoms. The third kappa shape index (κ3) is 3.68. The Hall–Kier alpha value is -1.25. The summed E-state index contributed by atoms with van der Waals surface area (Å²) in [4.78, 5) is 11.4. The van der Waals surface area contributed by atoms with Crippen LogP contribution in [0.2, 0.25) is 0 Å². The summed E-state index contributed by atoms with van der Waals surface area (Å²) >= 11 is 0. The smallest absolute Gasteiger partial charge is 0.463 e. The molecule has 7 atom stereocenters. The molecule has 0 spiro atoms. The lowest BCUT2D eigenvalue weighted by Crippen LogP contribution is -2.54. The third-order valence-corrected chi connectivity index (χ3v) is 9.91. The Labute approximate surface area is 181 Å². The Morgan fingerprint density at radius 3 is 2.45 bits per heavy atom. The standard InChI is InChI=1S/C22H31F3O5S/c1-13(26)29-15-8-10-20(2)14(12-15)4-5-16-17-6-7-19(21(17,3)11-9-18(16)20)30-31(27,28)22(23,24)25/h7,14-18H,4-6,8-12H2,1-3H3/t14-,15-,16?,17?,18?,20-,21-/m0/s1. The lowest BCUT2D eigenvalue weighted by molar-refractivity contribution is -0.159. The van der Waals surface area contributed by atoms with E-state index in [-0.39, 0.29) is 29.2 Å². The van der Waals surface area contributed by atoms with Crippen molar-refractivity contribution >= 4 is 16.1 Å². The Kier molecular flexibility index (Phi) is 5.46. The molecule has 0 N–H and O–H groups in total. The molecule has 4 rings (SSSR count). The SMILES string of the molecule is CC(=O)O[C@H]1CC[C@]2(C)C3CC[C@]4(C)C(OS(=O)(=O)C(F)(F)F)=CCC4C3CC[C@H]2C1. The molecular weight excluding hydrogens is 433 g/mol. The minimum atomic E-state index is -5.66. The van der Waals surface area contributed by atoms with Crippen LogP contribution < -0.4 is 0 Å². The van der Waals surface area contributed by atoms with Crippen molar-refractivity contribution in [1.29, 1.82) is 0 Å². The van der Waals surface area contributed by atoms with Gasteiger partial charge in [0.1, 0.15) is 11.9 Å². The number of rotatable bonds is 3. The van der Waals surface area contributed by atoms with E-state index in [1.807, 2.05) is 6.92 Å². The van der Waals surface area contributed by atoms with Crippen LogP contribution in [-0.4, -0.2) is 26.0 Å². The predicted octanol–water partition coefficient (Wildman–Crippen LogP) is 5.32. The first-order chi connectivity index (χ1) is 14.3. The third-order valence-electron chi connectivity index (χ3n) is 8.94. The number of hydrogen-bond acceptors (Lipinski definition) is 5. The normalized spacial score (nSPS) is 42.6. The van der Waals surface area contributed by atoms with Gasteiger partial charge < -0.3 is 8.92 Å². The van der Waals surface area contributed by atoms with Crippen LogP contribution in [-0.2, 0) is 23.8 Å². The zero-order valence-electron chi connectivity index (χ0n) is 18.2. The Bertz CT molecular complexity index is 882. The molecule has 0 aromatic rings. The highest BCUT2D eigenvalue weighted by Crippen LogP contribution is 2.66. The van der Waals surface area contributed by atoms with E-state index >= 15 is 0 Å². The van der Waals surface area contributed by atoms with E-state index in [4.69, 9.17) is 4.74 Å². The van der Waals surface area contributed by atoms with Gasteiger partial charge >= 0.3 is 21.6 Å². The molecule has 0 radical (unpaired) electrons. The Balaban J connectivity index is 1.51. The number of carbonyl (C=O) groups excluding carboxylic acids is 1. The van der Waals surface area contributed by atoms with Crippen LogP contribution in [0.1, 0.15) is 72.1 Å². The van der Waals surface area contributed by atoms with Crippen LogP contribution in [0.25, 0.3) is 0 Å². The van der Waals surface area contributed by atoms with Crippen LogP contribution in [0.4, 0.5) is 13.2 Å². The number of carbonyl (C=O) groups is 1. The van der Waals surface area contributed by atoms with Crippen molar-refractivity contribution in [2.24, 2.45) is 34.5 Å². The van der Waals surface area contributed by atoms with Crippen LogP contribution in [0.3, 0.4) is 0 Å². The van der Waals surface area contributed by atoms with E-state index in [2.05, 4.69) is 11.1 Å². The summed E-state index contributed by atoms with van der Waals surface area (Å²) in [7, 11) is -5.66. The van der Waals surface area contributed by atoms with E-state index in [0.29, 0.717) is 30.6 Å². The van der Waals surface area contributed by atoms with Gasteiger partial charge in [-0.1, -0.05) is 13.8 Å². The van der Waals surface area contributed by atoms with Crippen molar-refractivity contribution in [3.8, 4) is 0 Å². The van der Waals surface area contributed by atoms with Crippen molar-refractivity contribution < 1.29 is 35.3 Å². The van der Waals surface area contributed by atoms with Crippen LogP contribution in [0, 0.1) is 34.5 Å². The van der Waals surface area contributed by atoms with E-state index in [9.17, 15) is 26.4 Å². The van der Waals surface area contributed by atoms with E-state index in [1.165, 1.54) is 6.92 Å². The second kappa shape index (κ2) is 7.39. The summed E-state index contributed by atoms with van der Waals surface area (Å²) in [5.41, 5.74) is -5.99. The minimum Gasteiger partial charge on any atom is -0.463 e. The molecule has 3 unspecified atom stereocenters. The van der Waals surface area contributed by atoms with Crippen molar-refractivity contribution in [1.82, 2.24) is 0 Å². The van der Waals surface area contributed by atoms with Gasteiger partial charge in [-0.3, -0.25) is 4.79 Å². The average Bonchev–Trinajstić information content (AvgIpc) is 2.96. The van der Waals surface area contributed by atoms with Gasteiger partial charge in [0.05, 0.1) is 0 Å². The second-order valence-electron chi connectivity index (χ2n) is 10.4. The second-order valence-corrected chi connectivity index (χ2v) is 11.9. The molecule has 0 aromatic heterocycles. The lowest BCUT2D eigenvalue weighted by atomic mass is 9.45. The highest BCUT2D eigenvalue weighted by molar-refractivity contribution is 7.87. The van der Waals surface area contributed by atoms with Gasteiger partial charge in [-0.25, -0.2) is 0 Å². The van der Waals surface area contributed by atoms with E-state index in [1.54, 1.807) is 6.08 Å². The van der Waals surface area contributed by atoms with Gasteiger partial charge in [0, 0.05) is 12.3 Å². The first-order valence-electron chi connectivity index (χ1n) is 11.2. The average molecular weight is 465 g/mol. The van der Waals surface area contributed by atoms with Gasteiger partial charge in [-0.05, 0) is 86.5 Å². The largest absolute Gasteiger partial charge is 0.534 e. The van der Waals surface area contributed by atoms with Crippen LogP contribution in [0.5, 0.6) is 0 Å². The highest BCUT2D eigenvalue weighted by atomic mass is 32.2. The molecular formula is C22H31F3O5S. The summed E-state index contributed by atoms with van der Waals surface area (Å²) in [6.45, 7) is 5.64. The molecule has 3 fully saturated rings. The Morgan fingerprint density at radius 2 is 1.81 bits per heavy atom. The number of halogens is 3. The summed E-state index contributed by atoms with van der Waals surface area (Å²) in [6.07, 6.45) is 8.21. The zero-order valence-corrected chi connectivity index (χ0v) is 19.0. The Morgan fingerprint density at radius 1 is 1.10 bits per heavy atom. The van der Waals surface area contributed by atoms with E-state index < -0.39 is 21.0 Å². The number of ether oxygens (including phenoxy) is 1. The first-order valence-corrected chi connectivity index (χ1v) is 12.6. The fourth-order valence-corrected chi connectivity index (χ4v) is 7.97. The molecule has 9 heteroatoms. The number of alkyl halides is 3. The monoisotopic (exact) mass is 464 g/mol. The molecule has 4 aliphatic rings. The van der Waals surface area contributed by atoms with Crippen molar-refractivity contribution in [2.75, 3.05) is 0 Å². The minimum absolute atomic E-state index is 0.0262. The predicted molar refractivity (Wildman–Crippen MR) is 107 cm³/mol. The van der Waals surface area contributed by atoms with E-state index in [0.717, 1.165) is 38.5 Å². The summed E-state index contributed by atoms with van der Waals surface area (Å²) in [5.74, 6) is 1.06. The first kappa shape index (κ1) is 22.9. The van der Waals surface area contributed by atoms with Gasteiger partial charge in [-0.15, -0.1) is 0 Å². The molecule has 0 heterocycles. The number of fused-ring (bicyclic) bond motifs is 5. The van der Waals surface area contributed by atoms with Gasteiger partial charge in [0.2, 0.25) is 0 Å². The molecule has 3 saturated carbocycles. The van der Waals surface area contributed by atoms with Crippen molar-refractivity contribution in [2.45, 2.75) is 83.8 Å². The molecule has 4 aliphatic carbocycles. The molecule has 0 saturated heterocycles. The fourth-order valence-electron chi connectivity index (χ4n) is 7.38. The van der Waals surface area contributed by atoms with Gasteiger partial charge in [0.15, 0.2) is 0 Å². The van der Waals surface area contributed by atoms with Crippen molar-refractivity contribution in [3.63, 3.8) is 0 Å². The van der Waals surface area contributed by atoms with Gasteiger partial charge in [-0.2, -0.15) is 21.6 Å². The molecule has 0 aromatic carbocycles. The van der Waals surface area contributed by atoms with Crippen molar-refractivity contribution in [3.05, 3.63) is 11.8 Å². The van der Waals surface area contributed by atoms with Crippen LogP contribution in [0.15, 0.2) is 11.8 Å². The van der Waals surface area contributed by atoms with Gasteiger partial charge in [0.25, 0.3) is 0 Å². The summed E-state index contributed by atoms with van der Waals surface area (Å²) in [5, 5.41) is 0. The quantitative estimate of drug-likeness (QED) is 0.321. The summed E-state index contributed by atoms with van der Waals surface area (Å²) < 4.78 is 72.0. The fraction of sp³-hybridized carbons (Fsp3) is 0.864. The molecule has 176 valence electrons. The molecule has 0 aliphatic heterocycles. The lowest BCUT2D eigenvalue weighted by Gasteiger charge is -2.60. The maximum Gasteiger partial charge on any atom is 0.534 e. The number of hydrogen-bond donors (Lipinski definition) is 0. The molecule has 0 amide bonds. The number of allylic oxidation sites excluding steroid dienone is 2. The molecule has 5 nitrogen and oxygen atoms in total. The number of esters is 1. The zero-order chi connectivity index (χ0) is 22.8. The highest BCUT2D eigenvalue weighted by Gasteiger charge is 2.61. The maximum absolute atomic E-state index is 12.9. The molecule has 0 bridgehead atoms. The maximum atomic E-state index is 12.9. The van der Waals surface area contributed by atoms with Crippen LogP contribution >= 0.6 is 0 Å².